The van der Waals surface area contributed by atoms with E-state index in [9.17, 15) is 4.39 Å². The van der Waals surface area contributed by atoms with Crippen LogP contribution in [0.4, 0.5) is 4.39 Å². The minimum atomic E-state index is -0.195. The number of ether oxygens (including phenoxy) is 1. The van der Waals surface area contributed by atoms with Crippen molar-refractivity contribution in [1.29, 1.82) is 0 Å². The van der Waals surface area contributed by atoms with E-state index in [4.69, 9.17) is 4.74 Å². The van der Waals surface area contributed by atoms with Crippen LogP contribution in [0.2, 0.25) is 0 Å². The number of nitrogens with one attached hydrogen (secondary N) is 1. The monoisotopic (exact) mass is 237 g/mol. The SMILES string of the molecule is COC1(Cc2cc(C)ccc2F)CCNCC1. The van der Waals surface area contributed by atoms with Crippen molar-refractivity contribution in [2.24, 2.45) is 0 Å². The zero-order valence-corrected chi connectivity index (χ0v) is 10.6. The van der Waals surface area contributed by atoms with Crippen LogP contribution in [0.5, 0.6) is 0 Å². The maximum Gasteiger partial charge on any atom is 0.126 e. The fraction of sp³-hybridized carbons (Fsp3) is 0.571. The number of benzene rings is 1. The van der Waals surface area contributed by atoms with Crippen molar-refractivity contribution in [2.75, 3.05) is 20.2 Å². The fourth-order valence-electron chi connectivity index (χ4n) is 2.52. The molecule has 2 rings (SSSR count). The first kappa shape index (κ1) is 12.5. The standard InChI is InChI=1S/C14H20FNO/c1-11-3-4-13(15)12(9-11)10-14(17-2)5-7-16-8-6-14/h3-4,9,16H,5-8,10H2,1-2H3. The van der Waals surface area contributed by atoms with Crippen molar-refractivity contribution in [1.82, 2.24) is 5.32 Å². The first-order valence-corrected chi connectivity index (χ1v) is 6.16. The number of piperidine rings is 1. The summed E-state index contributed by atoms with van der Waals surface area (Å²) in [5.74, 6) is -0.120. The maximum atomic E-state index is 13.8. The van der Waals surface area contributed by atoms with Crippen molar-refractivity contribution in [3.8, 4) is 0 Å². The normalized spacial score (nSPS) is 19.2. The van der Waals surface area contributed by atoms with Gasteiger partial charge >= 0.3 is 0 Å². The van der Waals surface area contributed by atoms with Gasteiger partial charge in [0.05, 0.1) is 5.60 Å². The second kappa shape index (κ2) is 5.15. The molecule has 1 aliphatic rings. The molecule has 0 radical (unpaired) electrons. The van der Waals surface area contributed by atoms with E-state index in [2.05, 4.69) is 5.32 Å². The molecule has 17 heavy (non-hydrogen) atoms. The molecule has 0 aromatic heterocycles. The summed E-state index contributed by atoms with van der Waals surface area (Å²) in [5.41, 5.74) is 1.68. The second-order valence-electron chi connectivity index (χ2n) is 4.91. The van der Waals surface area contributed by atoms with E-state index in [0.717, 1.165) is 37.1 Å². The molecule has 0 saturated carbocycles. The lowest BCUT2D eigenvalue weighted by molar-refractivity contribution is -0.0339. The first-order chi connectivity index (χ1) is 8.15. The van der Waals surface area contributed by atoms with Crippen molar-refractivity contribution < 1.29 is 9.13 Å². The van der Waals surface area contributed by atoms with Crippen LogP contribution in [-0.4, -0.2) is 25.8 Å². The third-order valence-electron chi connectivity index (χ3n) is 3.66. The van der Waals surface area contributed by atoms with Crippen molar-refractivity contribution in [3.63, 3.8) is 0 Å². The Bertz CT molecular complexity index is 386. The molecule has 0 spiro atoms. The third kappa shape index (κ3) is 2.85. The van der Waals surface area contributed by atoms with Gasteiger partial charge in [-0.3, -0.25) is 0 Å². The van der Waals surface area contributed by atoms with Crippen LogP contribution in [0.3, 0.4) is 0 Å². The zero-order chi connectivity index (χ0) is 12.3. The number of hydrogen-bond acceptors (Lipinski definition) is 2. The molecule has 0 amide bonds. The average molecular weight is 237 g/mol. The summed E-state index contributed by atoms with van der Waals surface area (Å²) in [4.78, 5) is 0. The topological polar surface area (TPSA) is 21.3 Å². The van der Waals surface area contributed by atoms with Crippen LogP contribution in [-0.2, 0) is 11.2 Å². The summed E-state index contributed by atoms with van der Waals surface area (Å²) in [6, 6.07) is 5.29. The van der Waals surface area contributed by atoms with E-state index in [-0.39, 0.29) is 11.4 Å². The maximum absolute atomic E-state index is 13.8. The zero-order valence-electron chi connectivity index (χ0n) is 10.6. The van der Waals surface area contributed by atoms with Gasteiger partial charge in [0.2, 0.25) is 0 Å². The molecule has 1 saturated heterocycles. The second-order valence-corrected chi connectivity index (χ2v) is 4.91. The Balaban J connectivity index is 2.20. The molecular weight excluding hydrogens is 217 g/mol. The number of aryl methyl sites for hydroxylation is 1. The largest absolute Gasteiger partial charge is 0.378 e. The van der Waals surface area contributed by atoms with Crippen molar-refractivity contribution in [2.45, 2.75) is 31.8 Å². The summed E-state index contributed by atoms with van der Waals surface area (Å²) in [6.07, 6.45) is 2.55. The molecule has 1 aromatic carbocycles. The van der Waals surface area contributed by atoms with Gasteiger partial charge in [-0.05, 0) is 44.5 Å². The van der Waals surface area contributed by atoms with E-state index >= 15 is 0 Å². The van der Waals surface area contributed by atoms with Crippen molar-refractivity contribution in [3.05, 3.63) is 35.1 Å². The number of methoxy groups -OCH3 is 1. The van der Waals surface area contributed by atoms with E-state index in [1.807, 2.05) is 13.0 Å². The van der Waals surface area contributed by atoms with Crippen LogP contribution in [0.1, 0.15) is 24.0 Å². The summed E-state index contributed by atoms with van der Waals surface area (Å²) in [7, 11) is 1.74. The molecule has 94 valence electrons. The quantitative estimate of drug-likeness (QED) is 0.872. The highest BCUT2D eigenvalue weighted by Crippen LogP contribution is 2.28. The highest BCUT2D eigenvalue weighted by molar-refractivity contribution is 5.25. The Morgan fingerprint density at radius 1 is 1.35 bits per heavy atom. The minimum absolute atomic E-state index is 0.120. The molecule has 0 aliphatic carbocycles. The average Bonchev–Trinajstić information content (AvgIpc) is 2.35. The smallest absolute Gasteiger partial charge is 0.126 e. The number of halogens is 1. The Morgan fingerprint density at radius 3 is 2.71 bits per heavy atom. The molecule has 1 fully saturated rings. The van der Waals surface area contributed by atoms with Crippen LogP contribution in [0, 0.1) is 12.7 Å². The fourth-order valence-corrected chi connectivity index (χ4v) is 2.52. The molecule has 1 N–H and O–H groups in total. The van der Waals surface area contributed by atoms with E-state index in [1.165, 1.54) is 0 Å². The Labute approximate surface area is 102 Å². The lowest BCUT2D eigenvalue weighted by atomic mass is 9.85. The summed E-state index contributed by atoms with van der Waals surface area (Å²) in [6.45, 7) is 3.88. The molecule has 1 aromatic rings. The van der Waals surface area contributed by atoms with E-state index < -0.39 is 0 Å². The predicted molar refractivity (Wildman–Crippen MR) is 66.7 cm³/mol. The molecule has 1 aliphatic heterocycles. The van der Waals surface area contributed by atoms with Crippen molar-refractivity contribution >= 4 is 0 Å². The highest BCUT2D eigenvalue weighted by atomic mass is 19.1. The molecule has 0 unspecified atom stereocenters. The molecular formula is C14H20FNO. The van der Waals surface area contributed by atoms with Gasteiger partial charge in [0.25, 0.3) is 0 Å². The molecule has 2 nitrogen and oxygen atoms in total. The lowest BCUT2D eigenvalue weighted by Crippen LogP contribution is -2.45. The Hall–Kier alpha value is -0.930. The van der Waals surface area contributed by atoms with Gasteiger partial charge in [0.15, 0.2) is 0 Å². The molecule has 0 bridgehead atoms. The Morgan fingerprint density at radius 2 is 2.06 bits per heavy atom. The molecule has 3 heteroatoms. The van der Waals surface area contributed by atoms with Gasteiger partial charge in [0.1, 0.15) is 5.82 Å². The summed E-state index contributed by atoms with van der Waals surface area (Å²) >= 11 is 0. The number of hydrogen-bond donors (Lipinski definition) is 1. The first-order valence-electron chi connectivity index (χ1n) is 6.16. The van der Waals surface area contributed by atoms with Crippen LogP contribution >= 0.6 is 0 Å². The van der Waals surface area contributed by atoms with Crippen LogP contribution < -0.4 is 5.32 Å². The summed E-state index contributed by atoms with van der Waals surface area (Å²) in [5, 5.41) is 3.31. The predicted octanol–water partition coefficient (Wildman–Crippen LogP) is 2.45. The van der Waals surface area contributed by atoms with E-state index in [0.29, 0.717) is 6.42 Å². The van der Waals surface area contributed by atoms with Gasteiger partial charge in [-0.2, -0.15) is 0 Å². The lowest BCUT2D eigenvalue weighted by Gasteiger charge is -2.36. The van der Waals surface area contributed by atoms with Crippen LogP contribution in [0.15, 0.2) is 18.2 Å². The minimum Gasteiger partial charge on any atom is -0.378 e. The number of rotatable bonds is 3. The van der Waals surface area contributed by atoms with Crippen LogP contribution in [0.25, 0.3) is 0 Å². The Kier molecular flexibility index (Phi) is 3.79. The highest BCUT2D eigenvalue weighted by Gasteiger charge is 2.32. The van der Waals surface area contributed by atoms with Gasteiger partial charge in [-0.25, -0.2) is 4.39 Å². The van der Waals surface area contributed by atoms with E-state index in [1.54, 1.807) is 19.2 Å². The van der Waals surface area contributed by atoms with Gasteiger partial charge < -0.3 is 10.1 Å². The molecule has 0 atom stereocenters. The summed E-state index contributed by atoms with van der Waals surface area (Å²) < 4.78 is 19.4. The molecule has 1 heterocycles. The van der Waals surface area contributed by atoms with Gasteiger partial charge in [0, 0.05) is 13.5 Å². The third-order valence-corrected chi connectivity index (χ3v) is 3.66. The van der Waals surface area contributed by atoms with Gasteiger partial charge in [-0.15, -0.1) is 0 Å². The van der Waals surface area contributed by atoms with Gasteiger partial charge in [-0.1, -0.05) is 17.7 Å².